The van der Waals surface area contributed by atoms with Crippen molar-refractivity contribution < 1.29 is 82.3 Å². The Kier molecular flexibility index (Phi) is 6.34. The first-order chi connectivity index (χ1) is 7.60. The Morgan fingerprint density at radius 3 is 2.11 bits per heavy atom. The van der Waals surface area contributed by atoms with E-state index in [0.29, 0.717) is 18.3 Å². The maximum Gasteiger partial charge on any atom is 1.00 e. The van der Waals surface area contributed by atoms with Gasteiger partial charge in [-0.2, -0.15) is 13.2 Å². The zero-order chi connectivity index (χ0) is 13.3. The molecule has 0 atom stereocenters. The van der Waals surface area contributed by atoms with Gasteiger partial charge in [-0.05, 0) is 6.07 Å². The van der Waals surface area contributed by atoms with E-state index in [-0.39, 0.29) is 51.4 Å². The van der Waals surface area contributed by atoms with E-state index in [0.717, 1.165) is 0 Å². The smallest absolute Gasteiger partial charge is 0.445 e. The molecular weight excluding hydrogens is 292 g/mol. The van der Waals surface area contributed by atoms with E-state index in [4.69, 9.17) is 0 Å². The van der Waals surface area contributed by atoms with Crippen LogP contribution in [-0.4, -0.2) is 24.0 Å². The van der Waals surface area contributed by atoms with Crippen LogP contribution in [0.4, 0.5) is 31.9 Å². The fourth-order valence-corrected chi connectivity index (χ4v) is 0.860. The number of hydrogen-bond donors (Lipinski definition) is 1. The molecule has 0 saturated heterocycles. The van der Waals surface area contributed by atoms with Crippen LogP contribution in [0.1, 0.15) is 0 Å². The van der Waals surface area contributed by atoms with Crippen molar-refractivity contribution in [2.24, 2.45) is 0 Å². The minimum absolute atomic E-state index is 0. The third-order valence-corrected chi connectivity index (χ3v) is 1.66. The molecule has 0 unspecified atom stereocenters. The molecule has 11 heteroatoms. The zero-order valence-corrected chi connectivity index (χ0v) is 12.1. The first kappa shape index (κ1) is 17.9. The maximum atomic E-state index is 12.1. The Bertz CT molecular complexity index is 417. The zero-order valence-electron chi connectivity index (χ0n) is 8.93. The third kappa shape index (κ3) is 5.26. The predicted molar refractivity (Wildman–Crippen MR) is 47.6 cm³/mol. The summed E-state index contributed by atoms with van der Waals surface area (Å²) in [5.41, 5.74) is -1.06. The number of rotatable bonds is 2. The number of anilines is 1. The van der Waals surface area contributed by atoms with Crippen LogP contribution in [0.3, 0.4) is 0 Å². The average molecular weight is 296 g/mol. The number of halogens is 6. The standard InChI is InChI=1S/C7H4BF6N2O.K/c9-7(10,11)6(17)16-5-2-1-4(3-15-5)8(12,13)14;/h1-3H,(H,15,16,17);/q-1;+1. The van der Waals surface area contributed by atoms with Crippen molar-refractivity contribution in [2.75, 3.05) is 5.32 Å². The molecule has 0 aliphatic heterocycles. The number of alkyl halides is 3. The number of amides is 1. The topological polar surface area (TPSA) is 42.0 Å². The Morgan fingerprint density at radius 2 is 1.78 bits per heavy atom. The molecule has 18 heavy (non-hydrogen) atoms. The normalized spacial score (nSPS) is 11.7. The fourth-order valence-electron chi connectivity index (χ4n) is 0.860. The summed E-state index contributed by atoms with van der Waals surface area (Å²) in [5, 5.41) is 1.33. The second kappa shape index (κ2) is 6.37. The average Bonchev–Trinajstić information content (AvgIpc) is 2.15. The quantitative estimate of drug-likeness (QED) is 0.541. The van der Waals surface area contributed by atoms with Crippen LogP contribution in [0.2, 0.25) is 0 Å². The molecular formula is C7H4BF6KN2O. The maximum absolute atomic E-state index is 12.1. The van der Waals surface area contributed by atoms with Crippen molar-refractivity contribution in [1.82, 2.24) is 4.98 Å². The second-order valence-electron chi connectivity index (χ2n) is 3.00. The fraction of sp³-hybridized carbons (Fsp3) is 0.143. The van der Waals surface area contributed by atoms with E-state index in [1.54, 1.807) is 0 Å². The molecule has 0 aliphatic rings. The Labute approximate surface area is 140 Å². The number of carbonyl (C=O) groups excluding carboxylic acids is 1. The summed E-state index contributed by atoms with van der Waals surface area (Å²) in [7, 11) is 0. The van der Waals surface area contributed by atoms with E-state index < -0.39 is 30.3 Å². The van der Waals surface area contributed by atoms with Gasteiger partial charge >= 0.3 is 70.4 Å². The molecule has 1 aromatic heterocycles. The van der Waals surface area contributed by atoms with E-state index in [2.05, 4.69) is 4.98 Å². The van der Waals surface area contributed by atoms with Crippen molar-refractivity contribution in [3.63, 3.8) is 0 Å². The second-order valence-corrected chi connectivity index (χ2v) is 3.00. The van der Waals surface area contributed by atoms with Gasteiger partial charge in [0, 0.05) is 6.20 Å². The van der Waals surface area contributed by atoms with Gasteiger partial charge in [-0.25, -0.2) is 4.98 Å². The summed E-state index contributed by atoms with van der Waals surface area (Å²) < 4.78 is 71.7. The Balaban J connectivity index is 0.00000289. The molecule has 1 amide bonds. The Morgan fingerprint density at radius 1 is 1.22 bits per heavy atom. The summed E-state index contributed by atoms with van der Waals surface area (Å²) in [5.74, 6) is -2.90. The van der Waals surface area contributed by atoms with Gasteiger partial charge in [0.2, 0.25) is 0 Å². The van der Waals surface area contributed by atoms with Crippen LogP contribution in [0.15, 0.2) is 18.3 Å². The largest absolute Gasteiger partial charge is 1.00 e. The molecule has 0 fully saturated rings. The predicted octanol–water partition coefficient (Wildman–Crippen LogP) is -1.36. The molecule has 0 bridgehead atoms. The first-order valence-electron chi connectivity index (χ1n) is 4.15. The van der Waals surface area contributed by atoms with E-state index >= 15 is 0 Å². The number of nitrogens with zero attached hydrogens (tertiary/aromatic N) is 1. The molecule has 3 nitrogen and oxygen atoms in total. The van der Waals surface area contributed by atoms with Gasteiger partial charge < -0.3 is 18.3 Å². The molecule has 0 saturated carbocycles. The number of nitrogens with one attached hydrogen (secondary N) is 1. The van der Waals surface area contributed by atoms with Crippen molar-refractivity contribution in [3.8, 4) is 0 Å². The summed E-state index contributed by atoms with van der Waals surface area (Å²) in [4.78, 5) is 13.5. The van der Waals surface area contributed by atoms with E-state index in [9.17, 15) is 30.9 Å². The van der Waals surface area contributed by atoms with Crippen molar-refractivity contribution in [1.29, 1.82) is 0 Å². The number of hydrogen-bond acceptors (Lipinski definition) is 2. The summed E-state index contributed by atoms with van der Waals surface area (Å²) in [6.45, 7) is -5.27. The van der Waals surface area contributed by atoms with Crippen molar-refractivity contribution >= 4 is 24.2 Å². The van der Waals surface area contributed by atoms with Gasteiger partial charge in [-0.15, -0.1) is 0 Å². The molecule has 94 valence electrons. The summed E-state index contributed by atoms with van der Waals surface area (Å²) in [6, 6.07) is 1.19. The molecule has 0 radical (unpaired) electrons. The van der Waals surface area contributed by atoms with Gasteiger partial charge in [-0.1, -0.05) is 11.5 Å². The third-order valence-electron chi connectivity index (χ3n) is 1.66. The molecule has 0 spiro atoms. The van der Waals surface area contributed by atoms with Gasteiger partial charge in [0.25, 0.3) is 0 Å². The Hall–Kier alpha value is -0.0987. The van der Waals surface area contributed by atoms with Gasteiger partial charge in [0.05, 0.1) is 0 Å². The van der Waals surface area contributed by atoms with Gasteiger partial charge in [-0.3, -0.25) is 4.79 Å². The van der Waals surface area contributed by atoms with Gasteiger partial charge in [0.1, 0.15) is 5.82 Å². The van der Waals surface area contributed by atoms with Crippen LogP contribution in [0.25, 0.3) is 0 Å². The summed E-state index contributed by atoms with van der Waals surface area (Å²) >= 11 is 0. The summed E-state index contributed by atoms with van der Waals surface area (Å²) in [6.07, 6.45) is -4.76. The molecule has 1 aromatic rings. The van der Waals surface area contributed by atoms with Crippen LogP contribution >= 0.6 is 0 Å². The monoisotopic (exact) mass is 296 g/mol. The molecule has 1 N–H and O–H groups in total. The van der Waals surface area contributed by atoms with Crippen LogP contribution < -0.4 is 62.2 Å². The SMILES string of the molecule is O=C(Nc1ccc([B-](F)(F)F)cn1)C(F)(F)F.[K+]. The van der Waals surface area contributed by atoms with Gasteiger partial charge in [0.15, 0.2) is 0 Å². The van der Waals surface area contributed by atoms with Crippen LogP contribution in [0, 0.1) is 0 Å². The van der Waals surface area contributed by atoms with E-state index in [1.807, 2.05) is 0 Å². The number of aromatic nitrogens is 1. The molecule has 0 aromatic carbocycles. The molecule has 0 aliphatic carbocycles. The van der Waals surface area contributed by atoms with E-state index in [1.165, 1.54) is 5.32 Å². The molecule has 1 rings (SSSR count). The number of pyridine rings is 1. The minimum atomic E-state index is -5.27. The molecule has 1 heterocycles. The van der Waals surface area contributed by atoms with Crippen molar-refractivity contribution in [3.05, 3.63) is 18.3 Å². The van der Waals surface area contributed by atoms with Crippen molar-refractivity contribution in [2.45, 2.75) is 6.18 Å². The minimum Gasteiger partial charge on any atom is -0.445 e. The first-order valence-corrected chi connectivity index (χ1v) is 4.15. The van der Waals surface area contributed by atoms with Crippen LogP contribution in [0.5, 0.6) is 0 Å². The van der Waals surface area contributed by atoms with Crippen LogP contribution in [-0.2, 0) is 4.79 Å². The number of carbonyl (C=O) groups is 1.